The minimum absolute atomic E-state index is 0.000287. The van der Waals surface area contributed by atoms with Crippen LogP contribution >= 0.6 is 0 Å². The minimum Gasteiger partial charge on any atom is -0.497 e. The van der Waals surface area contributed by atoms with Crippen LogP contribution in [0.5, 0.6) is 17.2 Å². The quantitative estimate of drug-likeness (QED) is 0.759. The van der Waals surface area contributed by atoms with Crippen molar-refractivity contribution in [2.75, 3.05) is 27.9 Å². The van der Waals surface area contributed by atoms with Crippen LogP contribution in [-0.4, -0.2) is 38.7 Å². The number of rotatable bonds is 7. The van der Waals surface area contributed by atoms with Gasteiger partial charge >= 0.3 is 0 Å². The first-order valence-corrected chi connectivity index (χ1v) is 8.51. The number of aryl methyl sites for hydroxylation is 3. The lowest BCUT2D eigenvalue weighted by Crippen LogP contribution is -2.31. The van der Waals surface area contributed by atoms with Crippen molar-refractivity contribution >= 4 is 5.91 Å². The van der Waals surface area contributed by atoms with Crippen molar-refractivity contribution in [1.82, 2.24) is 4.90 Å². The van der Waals surface area contributed by atoms with E-state index in [0.717, 1.165) is 22.4 Å². The fraction of sp³-hybridized carbons (Fsp3) is 0.381. The van der Waals surface area contributed by atoms with Crippen LogP contribution < -0.4 is 14.2 Å². The van der Waals surface area contributed by atoms with Gasteiger partial charge in [0.05, 0.1) is 14.2 Å². The Morgan fingerprint density at radius 2 is 1.65 bits per heavy atom. The lowest BCUT2D eigenvalue weighted by Gasteiger charge is -2.20. The summed E-state index contributed by atoms with van der Waals surface area (Å²) in [5.41, 5.74) is 4.17. The summed E-state index contributed by atoms with van der Waals surface area (Å²) in [7, 11) is 4.97. The molecule has 0 fully saturated rings. The topological polar surface area (TPSA) is 48.0 Å². The van der Waals surface area contributed by atoms with Crippen LogP contribution in [-0.2, 0) is 11.3 Å². The summed E-state index contributed by atoms with van der Waals surface area (Å²) in [6, 6.07) is 9.67. The number of hydrogen-bond donors (Lipinski definition) is 0. The predicted molar refractivity (Wildman–Crippen MR) is 102 cm³/mol. The molecule has 0 aliphatic carbocycles. The highest BCUT2D eigenvalue weighted by Gasteiger charge is 2.15. The summed E-state index contributed by atoms with van der Waals surface area (Å²) in [5.74, 6) is 2.09. The second-order valence-electron chi connectivity index (χ2n) is 6.44. The average Bonchev–Trinajstić information content (AvgIpc) is 2.60. The highest BCUT2D eigenvalue weighted by atomic mass is 16.5. The number of methoxy groups -OCH3 is 2. The number of carbonyl (C=O) groups is 1. The lowest BCUT2D eigenvalue weighted by atomic mass is 10.1. The maximum atomic E-state index is 12.5. The molecule has 0 heterocycles. The summed E-state index contributed by atoms with van der Waals surface area (Å²) in [4.78, 5) is 14.1. The fourth-order valence-electron chi connectivity index (χ4n) is 2.96. The molecule has 0 spiro atoms. The van der Waals surface area contributed by atoms with Crippen LogP contribution in [0.4, 0.5) is 0 Å². The second-order valence-corrected chi connectivity index (χ2v) is 6.44. The van der Waals surface area contributed by atoms with E-state index in [1.165, 1.54) is 5.56 Å². The molecule has 5 heteroatoms. The molecule has 26 heavy (non-hydrogen) atoms. The van der Waals surface area contributed by atoms with E-state index in [4.69, 9.17) is 14.2 Å². The third kappa shape index (κ3) is 4.69. The van der Waals surface area contributed by atoms with Crippen molar-refractivity contribution in [3.63, 3.8) is 0 Å². The molecule has 0 N–H and O–H groups in total. The van der Waals surface area contributed by atoms with Gasteiger partial charge in [0.15, 0.2) is 6.61 Å². The van der Waals surface area contributed by atoms with Gasteiger partial charge in [-0.3, -0.25) is 4.79 Å². The number of amides is 1. The molecule has 140 valence electrons. The predicted octanol–water partition coefficient (Wildman–Crippen LogP) is 3.67. The number of likely N-dealkylation sites (N-methyl/N-ethyl adjacent to an activating group) is 1. The van der Waals surface area contributed by atoms with Gasteiger partial charge in [0.2, 0.25) is 0 Å². The molecule has 2 aromatic rings. The number of hydrogen-bond acceptors (Lipinski definition) is 4. The Bertz CT molecular complexity index is 763. The molecule has 0 atom stereocenters. The SMILES string of the molecule is COc1ccc(CN(C)C(=O)COc2c(C)cc(C)cc2C)c(OC)c1. The standard InChI is InChI=1S/C21H27NO4/c1-14-9-15(2)21(16(3)10-14)26-13-20(23)22(4)12-17-7-8-18(24-5)11-19(17)25-6/h7-11H,12-13H2,1-6H3. The van der Waals surface area contributed by atoms with Crippen LogP contribution in [0.15, 0.2) is 30.3 Å². The van der Waals surface area contributed by atoms with Crippen molar-refractivity contribution < 1.29 is 19.0 Å². The van der Waals surface area contributed by atoms with Gasteiger partial charge in [-0.15, -0.1) is 0 Å². The number of carbonyl (C=O) groups excluding carboxylic acids is 1. The Balaban J connectivity index is 2.02. The van der Waals surface area contributed by atoms with Crippen molar-refractivity contribution in [2.45, 2.75) is 27.3 Å². The van der Waals surface area contributed by atoms with Crippen molar-refractivity contribution in [3.8, 4) is 17.2 Å². The molecule has 0 bridgehead atoms. The van der Waals surface area contributed by atoms with Crippen LogP contribution in [0.25, 0.3) is 0 Å². The number of benzene rings is 2. The maximum absolute atomic E-state index is 12.5. The van der Waals surface area contributed by atoms with Gasteiger partial charge in [-0.05, 0) is 44.0 Å². The molecule has 2 rings (SSSR count). The lowest BCUT2D eigenvalue weighted by molar-refractivity contribution is -0.132. The average molecular weight is 357 g/mol. The molecule has 0 aliphatic heterocycles. The van der Waals surface area contributed by atoms with Crippen LogP contribution in [0.1, 0.15) is 22.3 Å². The summed E-state index contributed by atoms with van der Waals surface area (Å²) in [6.45, 7) is 6.46. The van der Waals surface area contributed by atoms with E-state index in [1.807, 2.05) is 39.0 Å². The van der Waals surface area contributed by atoms with E-state index in [2.05, 4.69) is 12.1 Å². The third-order valence-electron chi connectivity index (χ3n) is 4.27. The molecule has 0 radical (unpaired) electrons. The monoisotopic (exact) mass is 357 g/mol. The first-order chi connectivity index (χ1) is 12.3. The van der Waals surface area contributed by atoms with Gasteiger partial charge in [-0.25, -0.2) is 0 Å². The van der Waals surface area contributed by atoms with E-state index in [-0.39, 0.29) is 12.5 Å². The zero-order chi connectivity index (χ0) is 19.3. The van der Waals surface area contributed by atoms with Crippen LogP contribution in [0.2, 0.25) is 0 Å². The molecule has 1 amide bonds. The van der Waals surface area contributed by atoms with Gasteiger partial charge in [0.25, 0.3) is 5.91 Å². The van der Waals surface area contributed by atoms with Crippen LogP contribution in [0, 0.1) is 20.8 Å². The largest absolute Gasteiger partial charge is 0.497 e. The van der Waals surface area contributed by atoms with E-state index < -0.39 is 0 Å². The van der Waals surface area contributed by atoms with Crippen molar-refractivity contribution in [3.05, 3.63) is 52.6 Å². The van der Waals surface area contributed by atoms with E-state index in [9.17, 15) is 4.79 Å². The summed E-state index contributed by atoms with van der Waals surface area (Å²) < 4.78 is 16.4. The zero-order valence-corrected chi connectivity index (χ0v) is 16.4. The summed E-state index contributed by atoms with van der Waals surface area (Å²) in [5, 5.41) is 0. The molecule has 0 saturated carbocycles. The second kappa shape index (κ2) is 8.61. The number of nitrogens with zero attached hydrogens (tertiary/aromatic N) is 1. The summed E-state index contributed by atoms with van der Waals surface area (Å²) in [6.07, 6.45) is 0. The zero-order valence-electron chi connectivity index (χ0n) is 16.4. The summed E-state index contributed by atoms with van der Waals surface area (Å²) >= 11 is 0. The van der Waals surface area contributed by atoms with Crippen molar-refractivity contribution in [2.24, 2.45) is 0 Å². The van der Waals surface area contributed by atoms with Gasteiger partial charge in [-0.2, -0.15) is 0 Å². The van der Waals surface area contributed by atoms with E-state index >= 15 is 0 Å². The molecule has 5 nitrogen and oxygen atoms in total. The van der Waals surface area contributed by atoms with E-state index in [1.54, 1.807) is 26.2 Å². The Morgan fingerprint density at radius 1 is 1.00 bits per heavy atom. The van der Waals surface area contributed by atoms with Gasteiger partial charge in [0.1, 0.15) is 17.2 Å². The first kappa shape index (κ1) is 19.6. The molecule has 2 aromatic carbocycles. The Hall–Kier alpha value is -2.69. The fourth-order valence-corrected chi connectivity index (χ4v) is 2.96. The molecule has 0 aliphatic rings. The van der Waals surface area contributed by atoms with Crippen molar-refractivity contribution in [1.29, 1.82) is 0 Å². The third-order valence-corrected chi connectivity index (χ3v) is 4.27. The highest BCUT2D eigenvalue weighted by Crippen LogP contribution is 2.26. The Kier molecular flexibility index (Phi) is 6.50. The first-order valence-electron chi connectivity index (χ1n) is 8.51. The van der Waals surface area contributed by atoms with E-state index in [0.29, 0.717) is 18.0 Å². The smallest absolute Gasteiger partial charge is 0.260 e. The van der Waals surface area contributed by atoms with Gasteiger partial charge < -0.3 is 19.1 Å². The molecule has 0 aromatic heterocycles. The molecule has 0 unspecified atom stereocenters. The normalized spacial score (nSPS) is 10.4. The maximum Gasteiger partial charge on any atom is 0.260 e. The Labute approximate surface area is 155 Å². The molecular formula is C21H27NO4. The molecule has 0 saturated heterocycles. The van der Waals surface area contributed by atoms with Crippen LogP contribution in [0.3, 0.4) is 0 Å². The van der Waals surface area contributed by atoms with Gasteiger partial charge in [0, 0.05) is 25.2 Å². The molecular weight excluding hydrogens is 330 g/mol. The number of ether oxygens (including phenoxy) is 3. The van der Waals surface area contributed by atoms with Gasteiger partial charge in [-0.1, -0.05) is 17.7 Å². The minimum atomic E-state index is -0.0951. The highest BCUT2D eigenvalue weighted by molar-refractivity contribution is 5.77. The Morgan fingerprint density at radius 3 is 2.23 bits per heavy atom.